The van der Waals surface area contributed by atoms with Crippen LogP contribution in [0.15, 0.2) is 48.5 Å². The molecule has 1 saturated carbocycles. The largest absolute Gasteiger partial charge is 0.349 e. The average Bonchev–Trinajstić information content (AvgIpc) is 3.34. The molecule has 0 radical (unpaired) electrons. The first kappa shape index (κ1) is 15.1. The van der Waals surface area contributed by atoms with E-state index in [-0.39, 0.29) is 11.9 Å². The number of aryl methyl sites for hydroxylation is 1. The Labute approximate surface area is 135 Å². The van der Waals surface area contributed by atoms with Gasteiger partial charge in [0.1, 0.15) is 0 Å². The fourth-order valence-electron chi connectivity index (χ4n) is 2.13. The molecule has 118 valence electrons. The molecule has 0 aromatic heterocycles. The number of urea groups is 1. The van der Waals surface area contributed by atoms with Crippen LogP contribution in [0.2, 0.25) is 0 Å². The zero-order valence-electron chi connectivity index (χ0n) is 12.9. The molecule has 0 heterocycles. The van der Waals surface area contributed by atoms with E-state index in [1.54, 1.807) is 24.3 Å². The van der Waals surface area contributed by atoms with Gasteiger partial charge in [0.05, 0.1) is 0 Å². The summed E-state index contributed by atoms with van der Waals surface area (Å²) in [4.78, 5) is 23.8. The van der Waals surface area contributed by atoms with Crippen molar-refractivity contribution in [2.45, 2.75) is 25.8 Å². The number of benzene rings is 2. The number of amides is 3. The summed E-state index contributed by atoms with van der Waals surface area (Å²) in [5.41, 5.74) is 3.10. The normalized spacial score (nSPS) is 13.3. The minimum Gasteiger partial charge on any atom is -0.349 e. The summed E-state index contributed by atoms with van der Waals surface area (Å²) in [7, 11) is 0. The summed E-state index contributed by atoms with van der Waals surface area (Å²) in [5, 5.41) is 8.43. The van der Waals surface area contributed by atoms with Crippen LogP contribution in [0.4, 0.5) is 16.2 Å². The molecular formula is C18H19N3O2. The Morgan fingerprint density at radius 3 is 1.91 bits per heavy atom. The van der Waals surface area contributed by atoms with E-state index in [0.717, 1.165) is 24.1 Å². The molecule has 0 atom stereocenters. The second kappa shape index (κ2) is 6.52. The highest BCUT2D eigenvalue weighted by molar-refractivity contribution is 6.00. The highest BCUT2D eigenvalue weighted by atomic mass is 16.2. The summed E-state index contributed by atoms with van der Waals surface area (Å²) in [6.07, 6.45) is 2.12. The smallest absolute Gasteiger partial charge is 0.323 e. The third kappa shape index (κ3) is 4.32. The SMILES string of the molecule is Cc1ccc(NC(=O)Nc2ccc(C(=O)NC3CC3)cc2)cc1. The van der Waals surface area contributed by atoms with E-state index in [1.807, 2.05) is 31.2 Å². The first-order valence-corrected chi connectivity index (χ1v) is 7.66. The van der Waals surface area contributed by atoms with E-state index in [0.29, 0.717) is 17.3 Å². The Bertz CT molecular complexity index is 704. The minimum atomic E-state index is -0.316. The Hall–Kier alpha value is -2.82. The number of anilines is 2. The highest BCUT2D eigenvalue weighted by Crippen LogP contribution is 2.19. The number of nitrogens with one attached hydrogen (secondary N) is 3. The summed E-state index contributed by atoms with van der Waals surface area (Å²) < 4.78 is 0. The van der Waals surface area contributed by atoms with Gasteiger partial charge in [-0.1, -0.05) is 17.7 Å². The Balaban J connectivity index is 1.55. The number of hydrogen-bond donors (Lipinski definition) is 3. The Morgan fingerprint density at radius 1 is 0.870 bits per heavy atom. The van der Waals surface area contributed by atoms with Crippen molar-refractivity contribution in [2.24, 2.45) is 0 Å². The van der Waals surface area contributed by atoms with Crippen molar-refractivity contribution < 1.29 is 9.59 Å². The molecule has 2 aromatic rings. The van der Waals surface area contributed by atoms with E-state index in [4.69, 9.17) is 0 Å². The van der Waals surface area contributed by atoms with Gasteiger partial charge in [-0.25, -0.2) is 4.79 Å². The topological polar surface area (TPSA) is 70.2 Å². The van der Waals surface area contributed by atoms with E-state index in [2.05, 4.69) is 16.0 Å². The monoisotopic (exact) mass is 309 g/mol. The molecule has 0 unspecified atom stereocenters. The fraction of sp³-hybridized carbons (Fsp3) is 0.222. The van der Waals surface area contributed by atoms with E-state index >= 15 is 0 Å². The molecule has 1 aliphatic carbocycles. The minimum absolute atomic E-state index is 0.0665. The maximum absolute atomic E-state index is 11.9. The van der Waals surface area contributed by atoms with Gasteiger partial charge >= 0.3 is 6.03 Å². The molecular weight excluding hydrogens is 290 g/mol. The first-order valence-electron chi connectivity index (χ1n) is 7.66. The summed E-state index contributed by atoms with van der Waals surface area (Å²) in [6, 6.07) is 14.4. The van der Waals surface area contributed by atoms with Gasteiger partial charge in [-0.3, -0.25) is 4.79 Å². The van der Waals surface area contributed by atoms with Crippen molar-refractivity contribution in [2.75, 3.05) is 10.6 Å². The van der Waals surface area contributed by atoms with Crippen molar-refractivity contribution in [3.05, 3.63) is 59.7 Å². The van der Waals surface area contributed by atoms with Crippen molar-refractivity contribution >= 4 is 23.3 Å². The fourth-order valence-corrected chi connectivity index (χ4v) is 2.13. The van der Waals surface area contributed by atoms with Crippen molar-refractivity contribution in [3.8, 4) is 0 Å². The zero-order valence-corrected chi connectivity index (χ0v) is 12.9. The van der Waals surface area contributed by atoms with Gasteiger partial charge in [-0.15, -0.1) is 0 Å². The van der Waals surface area contributed by atoms with Crippen LogP contribution >= 0.6 is 0 Å². The van der Waals surface area contributed by atoms with Gasteiger partial charge in [0.15, 0.2) is 0 Å². The van der Waals surface area contributed by atoms with E-state index in [1.165, 1.54) is 0 Å². The highest BCUT2D eigenvalue weighted by Gasteiger charge is 2.23. The third-order valence-corrected chi connectivity index (χ3v) is 3.63. The van der Waals surface area contributed by atoms with Gasteiger partial charge < -0.3 is 16.0 Å². The number of hydrogen-bond acceptors (Lipinski definition) is 2. The summed E-state index contributed by atoms with van der Waals surface area (Å²) in [6.45, 7) is 1.99. The lowest BCUT2D eigenvalue weighted by Gasteiger charge is -2.09. The number of carbonyl (C=O) groups excluding carboxylic acids is 2. The lowest BCUT2D eigenvalue weighted by atomic mass is 10.2. The van der Waals surface area contributed by atoms with Crippen LogP contribution in [0.3, 0.4) is 0 Å². The van der Waals surface area contributed by atoms with Crippen LogP contribution in [-0.2, 0) is 0 Å². The zero-order chi connectivity index (χ0) is 16.2. The predicted molar refractivity (Wildman–Crippen MR) is 90.8 cm³/mol. The molecule has 3 amide bonds. The van der Waals surface area contributed by atoms with Gasteiger partial charge in [-0.2, -0.15) is 0 Å². The van der Waals surface area contributed by atoms with E-state index in [9.17, 15) is 9.59 Å². The van der Waals surface area contributed by atoms with Gasteiger partial charge in [0, 0.05) is 23.0 Å². The molecule has 0 spiro atoms. The molecule has 0 aliphatic heterocycles. The number of rotatable bonds is 4. The predicted octanol–water partition coefficient (Wildman–Crippen LogP) is 3.53. The molecule has 2 aromatic carbocycles. The van der Waals surface area contributed by atoms with E-state index < -0.39 is 0 Å². The van der Waals surface area contributed by atoms with Crippen molar-refractivity contribution in [1.29, 1.82) is 0 Å². The summed E-state index contributed by atoms with van der Waals surface area (Å²) >= 11 is 0. The van der Waals surface area contributed by atoms with Gasteiger partial charge in [0.25, 0.3) is 5.91 Å². The average molecular weight is 309 g/mol. The molecule has 5 heteroatoms. The molecule has 3 rings (SSSR count). The van der Waals surface area contributed by atoms with Crippen molar-refractivity contribution in [1.82, 2.24) is 5.32 Å². The lowest BCUT2D eigenvalue weighted by Crippen LogP contribution is -2.25. The molecule has 1 aliphatic rings. The quantitative estimate of drug-likeness (QED) is 0.808. The van der Waals surface area contributed by atoms with Crippen LogP contribution in [0.1, 0.15) is 28.8 Å². The summed E-state index contributed by atoms with van der Waals surface area (Å²) in [5.74, 6) is -0.0665. The second-order valence-electron chi connectivity index (χ2n) is 5.77. The van der Waals surface area contributed by atoms with Crippen LogP contribution < -0.4 is 16.0 Å². The molecule has 23 heavy (non-hydrogen) atoms. The Kier molecular flexibility index (Phi) is 4.28. The molecule has 0 bridgehead atoms. The lowest BCUT2D eigenvalue weighted by molar-refractivity contribution is 0.0951. The standard InChI is InChI=1S/C18H19N3O2/c1-12-2-6-15(7-3-12)20-18(23)21-16-8-4-13(5-9-16)17(22)19-14-10-11-14/h2-9,14H,10-11H2,1H3,(H,19,22)(H2,20,21,23). The van der Waals surface area contributed by atoms with Crippen LogP contribution in [0, 0.1) is 6.92 Å². The molecule has 3 N–H and O–H groups in total. The maximum Gasteiger partial charge on any atom is 0.323 e. The molecule has 5 nitrogen and oxygen atoms in total. The van der Waals surface area contributed by atoms with Crippen LogP contribution in [-0.4, -0.2) is 18.0 Å². The molecule has 1 fully saturated rings. The second-order valence-corrected chi connectivity index (χ2v) is 5.77. The van der Waals surface area contributed by atoms with Crippen LogP contribution in [0.5, 0.6) is 0 Å². The number of carbonyl (C=O) groups is 2. The van der Waals surface area contributed by atoms with Gasteiger partial charge in [-0.05, 0) is 56.2 Å². The first-order chi connectivity index (χ1) is 11.1. The van der Waals surface area contributed by atoms with Crippen molar-refractivity contribution in [3.63, 3.8) is 0 Å². The third-order valence-electron chi connectivity index (χ3n) is 3.63. The Morgan fingerprint density at radius 2 is 1.39 bits per heavy atom. The molecule has 0 saturated heterocycles. The maximum atomic E-state index is 11.9. The van der Waals surface area contributed by atoms with Gasteiger partial charge in [0.2, 0.25) is 0 Å². The van der Waals surface area contributed by atoms with Crippen LogP contribution in [0.25, 0.3) is 0 Å².